The number of urea groups is 1. The van der Waals surface area contributed by atoms with Crippen LogP contribution in [-0.2, 0) is 21.5 Å². The third-order valence-electron chi connectivity index (χ3n) is 5.30. The van der Waals surface area contributed by atoms with Gasteiger partial charge in [-0.25, -0.2) is 4.79 Å². The molecule has 4 amide bonds. The predicted octanol–water partition coefficient (Wildman–Crippen LogP) is 2.47. The Hall–Kier alpha value is -2.37. The Morgan fingerprint density at radius 3 is 2.85 bits per heavy atom. The molecule has 2 aliphatic rings. The maximum absolute atomic E-state index is 13.1. The van der Waals surface area contributed by atoms with E-state index in [0.717, 1.165) is 54.6 Å². The molecule has 26 heavy (non-hydrogen) atoms. The van der Waals surface area contributed by atoms with Gasteiger partial charge in [-0.2, -0.15) is 0 Å². The van der Waals surface area contributed by atoms with E-state index >= 15 is 0 Å². The van der Waals surface area contributed by atoms with Crippen molar-refractivity contribution in [3.63, 3.8) is 0 Å². The number of aryl methyl sites for hydroxylation is 1. The summed E-state index contributed by atoms with van der Waals surface area (Å²) in [5.41, 5.74) is 0.953. The SMILES string of the molecule is CCCCCCNC(=O)CN1C(=O)N[C@@]2(CCCc3ccccc32)C1=O. The van der Waals surface area contributed by atoms with E-state index in [0.29, 0.717) is 13.0 Å². The molecule has 1 heterocycles. The summed E-state index contributed by atoms with van der Waals surface area (Å²) >= 11 is 0. The number of benzene rings is 1. The monoisotopic (exact) mass is 357 g/mol. The number of amides is 4. The van der Waals surface area contributed by atoms with Crippen molar-refractivity contribution in [2.24, 2.45) is 0 Å². The molecule has 1 aromatic rings. The van der Waals surface area contributed by atoms with Gasteiger partial charge in [-0.05, 0) is 36.8 Å². The first kappa shape index (κ1) is 18.4. The fourth-order valence-corrected chi connectivity index (χ4v) is 3.93. The van der Waals surface area contributed by atoms with Gasteiger partial charge in [-0.3, -0.25) is 14.5 Å². The molecule has 0 aromatic heterocycles. The van der Waals surface area contributed by atoms with E-state index in [-0.39, 0.29) is 18.4 Å². The van der Waals surface area contributed by atoms with Gasteiger partial charge in [0.05, 0.1) is 0 Å². The molecule has 6 heteroatoms. The quantitative estimate of drug-likeness (QED) is 0.581. The molecule has 6 nitrogen and oxygen atoms in total. The zero-order chi connectivity index (χ0) is 18.6. The van der Waals surface area contributed by atoms with Crippen molar-refractivity contribution in [1.82, 2.24) is 15.5 Å². The Kier molecular flexibility index (Phi) is 5.59. The molecule has 1 aliphatic heterocycles. The number of fused-ring (bicyclic) bond motifs is 2. The van der Waals surface area contributed by atoms with Gasteiger partial charge in [0, 0.05) is 6.54 Å². The Morgan fingerprint density at radius 1 is 1.23 bits per heavy atom. The van der Waals surface area contributed by atoms with Gasteiger partial charge in [0.15, 0.2) is 0 Å². The fraction of sp³-hybridized carbons (Fsp3) is 0.550. The van der Waals surface area contributed by atoms with Gasteiger partial charge in [0.25, 0.3) is 5.91 Å². The number of hydrogen-bond donors (Lipinski definition) is 2. The lowest BCUT2D eigenvalue weighted by Crippen LogP contribution is -2.47. The number of carbonyl (C=O) groups is 3. The first-order chi connectivity index (χ1) is 12.6. The minimum absolute atomic E-state index is 0.220. The molecule has 0 unspecified atom stereocenters. The second kappa shape index (κ2) is 7.89. The number of rotatable bonds is 7. The van der Waals surface area contributed by atoms with Crippen LogP contribution in [0.25, 0.3) is 0 Å². The van der Waals surface area contributed by atoms with E-state index in [1.807, 2.05) is 24.3 Å². The molecule has 1 spiro atoms. The summed E-state index contributed by atoms with van der Waals surface area (Å²) < 4.78 is 0. The topological polar surface area (TPSA) is 78.5 Å². The van der Waals surface area contributed by atoms with Crippen LogP contribution in [-0.4, -0.2) is 35.8 Å². The lowest BCUT2D eigenvalue weighted by molar-refractivity contribution is -0.135. The van der Waals surface area contributed by atoms with E-state index in [1.165, 1.54) is 0 Å². The second-order valence-corrected chi connectivity index (χ2v) is 7.15. The van der Waals surface area contributed by atoms with Crippen molar-refractivity contribution in [2.75, 3.05) is 13.1 Å². The van der Waals surface area contributed by atoms with Gasteiger partial charge in [-0.1, -0.05) is 50.5 Å². The first-order valence-electron chi connectivity index (χ1n) is 9.57. The average Bonchev–Trinajstić information content (AvgIpc) is 2.87. The standard InChI is InChI=1S/C20H27N3O3/c1-2-3-4-7-13-21-17(24)14-23-18(25)20(22-19(23)26)12-8-10-15-9-5-6-11-16(15)20/h5-6,9,11H,2-4,7-8,10,12-14H2,1H3,(H,21,24)(H,22,26)/t20-/m1/s1. The summed E-state index contributed by atoms with van der Waals surface area (Å²) in [7, 11) is 0. The van der Waals surface area contributed by atoms with Gasteiger partial charge < -0.3 is 10.6 Å². The Labute approximate surface area is 154 Å². The number of nitrogens with zero attached hydrogens (tertiary/aromatic N) is 1. The van der Waals surface area contributed by atoms with Gasteiger partial charge >= 0.3 is 6.03 Å². The van der Waals surface area contributed by atoms with Crippen molar-refractivity contribution < 1.29 is 14.4 Å². The highest BCUT2D eigenvalue weighted by atomic mass is 16.2. The molecule has 140 valence electrons. The number of unbranched alkanes of at least 4 members (excludes halogenated alkanes) is 3. The fourth-order valence-electron chi connectivity index (χ4n) is 3.93. The molecule has 0 saturated carbocycles. The van der Waals surface area contributed by atoms with Gasteiger partial charge in [0.2, 0.25) is 5.91 Å². The number of hydrogen-bond acceptors (Lipinski definition) is 3. The maximum atomic E-state index is 13.1. The van der Waals surface area contributed by atoms with Gasteiger partial charge in [0.1, 0.15) is 12.1 Å². The Balaban J connectivity index is 1.66. The molecule has 1 aromatic carbocycles. The summed E-state index contributed by atoms with van der Waals surface area (Å²) in [6, 6.07) is 7.26. The second-order valence-electron chi connectivity index (χ2n) is 7.15. The zero-order valence-corrected chi connectivity index (χ0v) is 15.3. The van der Waals surface area contributed by atoms with Crippen molar-refractivity contribution in [3.05, 3.63) is 35.4 Å². The van der Waals surface area contributed by atoms with Crippen LogP contribution in [0.2, 0.25) is 0 Å². The van der Waals surface area contributed by atoms with E-state index in [9.17, 15) is 14.4 Å². The molecule has 1 fully saturated rings. The van der Waals surface area contributed by atoms with Crippen molar-refractivity contribution in [2.45, 2.75) is 57.4 Å². The largest absolute Gasteiger partial charge is 0.355 e. The van der Waals surface area contributed by atoms with Crippen LogP contribution in [0.5, 0.6) is 0 Å². The van der Waals surface area contributed by atoms with Crippen LogP contribution in [0.15, 0.2) is 24.3 Å². The molecular weight excluding hydrogens is 330 g/mol. The third kappa shape index (κ3) is 3.45. The summed E-state index contributed by atoms with van der Waals surface area (Å²) in [6.45, 7) is 2.49. The highest BCUT2D eigenvalue weighted by Crippen LogP contribution is 2.39. The Morgan fingerprint density at radius 2 is 2.04 bits per heavy atom. The average molecular weight is 357 g/mol. The summed E-state index contributed by atoms with van der Waals surface area (Å²) in [5, 5.41) is 5.68. The summed E-state index contributed by atoms with van der Waals surface area (Å²) in [4.78, 5) is 38.7. The van der Waals surface area contributed by atoms with E-state index in [2.05, 4.69) is 17.6 Å². The zero-order valence-electron chi connectivity index (χ0n) is 15.3. The van der Waals surface area contributed by atoms with Crippen LogP contribution < -0.4 is 10.6 Å². The first-order valence-corrected chi connectivity index (χ1v) is 9.57. The van der Waals surface area contributed by atoms with E-state index in [4.69, 9.17) is 0 Å². The lowest BCUT2D eigenvalue weighted by Gasteiger charge is -2.33. The van der Waals surface area contributed by atoms with E-state index < -0.39 is 11.6 Å². The van der Waals surface area contributed by atoms with Crippen LogP contribution in [0.4, 0.5) is 4.79 Å². The van der Waals surface area contributed by atoms with Crippen LogP contribution in [0.1, 0.15) is 56.6 Å². The number of nitrogens with one attached hydrogen (secondary N) is 2. The Bertz CT molecular complexity index is 703. The highest BCUT2D eigenvalue weighted by molar-refractivity contribution is 6.09. The molecule has 1 aliphatic carbocycles. The van der Waals surface area contributed by atoms with Crippen LogP contribution >= 0.6 is 0 Å². The molecule has 3 rings (SSSR count). The molecule has 1 atom stereocenters. The highest BCUT2D eigenvalue weighted by Gasteiger charge is 2.54. The maximum Gasteiger partial charge on any atom is 0.325 e. The lowest BCUT2D eigenvalue weighted by atomic mass is 9.76. The summed E-state index contributed by atoms with van der Waals surface area (Å²) in [6.07, 6.45) is 6.57. The molecule has 2 N–H and O–H groups in total. The predicted molar refractivity (Wildman–Crippen MR) is 98.5 cm³/mol. The number of carbonyl (C=O) groups excluding carboxylic acids is 3. The van der Waals surface area contributed by atoms with Crippen molar-refractivity contribution in [1.29, 1.82) is 0 Å². The number of imide groups is 1. The van der Waals surface area contributed by atoms with Crippen molar-refractivity contribution in [3.8, 4) is 0 Å². The molecule has 0 radical (unpaired) electrons. The van der Waals surface area contributed by atoms with Crippen LogP contribution in [0, 0.1) is 0 Å². The minimum Gasteiger partial charge on any atom is -0.355 e. The molecule has 1 saturated heterocycles. The molecule has 0 bridgehead atoms. The normalized spacial score (nSPS) is 21.7. The van der Waals surface area contributed by atoms with E-state index in [1.54, 1.807) is 0 Å². The minimum atomic E-state index is -1.01. The van der Waals surface area contributed by atoms with Crippen LogP contribution in [0.3, 0.4) is 0 Å². The third-order valence-corrected chi connectivity index (χ3v) is 5.30. The molecular formula is C20H27N3O3. The van der Waals surface area contributed by atoms with Gasteiger partial charge in [-0.15, -0.1) is 0 Å². The smallest absolute Gasteiger partial charge is 0.325 e. The summed E-state index contributed by atoms with van der Waals surface area (Å²) in [5.74, 6) is -0.595. The van der Waals surface area contributed by atoms with Crippen molar-refractivity contribution >= 4 is 17.8 Å².